The van der Waals surface area contributed by atoms with Crippen molar-refractivity contribution in [2.24, 2.45) is 0 Å². The first-order chi connectivity index (χ1) is 6.04. The van der Waals surface area contributed by atoms with Gasteiger partial charge in [0.25, 0.3) is 5.82 Å². The quantitative estimate of drug-likeness (QED) is 0.799. The van der Waals surface area contributed by atoms with Crippen LogP contribution in [-0.2, 0) is 12.6 Å². The number of rotatable bonds is 3. The second-order valence-electron chi connectivity index (χ2n) is 2.71. The number of nitrogens with one attached hydrogen (secondary N) is 1. The van der Waals surface area contributed by atoms with Crippen LogP contribution in [0.2, 0.25) is 0 Å². The summed E-state index contributed by atoms with van der Waals surface area (Å²) >= 11 is 0. The van der Waals surface area contributed by atoms with Crippen LogP contribution < -0.4 is 0 Å². The lowest BCUT2D eigenvalue weighted by atomic mass is 10.2. The van der Waals surface area contributed by atoms with Gasteiger partial charge >= 0.3 is 6.18 Å². The van der Waals surface area contributed by atoms with E-state index >= 15 is 0 Å². The van der Waals surface area contributed by atoms with Crippen molar-refractivity contribution in [3.63, 3.8) is 0 Å². The molecule has 74 valence electrons. The zero-order chi connectivity index (χ0) is 9.90. The average molecular weight is 193 g/mol. The monoisotopic (exact) mass is 193 g/mol. The van der Waals surface area contributed by atoms with Gasteiger partial charge in [-0.2, -0.15) is 13.2 Å². The number of aromatic amines is 1. The van der Waals surface area contributed by atoms with Crippen LogP contribution >= 0.6 is 0 Å². The Morgan fingerprint density at radius 2 is 2.08 bits per heavy atom. The zero-order valence-corrected chi connectivity index (χ0v) is 7.15. The highest BCUT2D eigenvalue weighted by Gasteiger charge is 2.35. The zero-order valence-electron chi connectivity index (χ0n) is 7.15. The maximum absolute atomic E-state index is 12.0. The van der Waals surface area contributed by atoms with Gasteiger partial charge in [0.05, 0.1) is 0 Å². The van der Waals surface area contributed by atoms with E-state index in [9.17, 15) is 13.2 Å². The van der Waals surface area contributed by atoms with Gasteiger partial charge in [0, 0.05) is 6.42 Å². The average Bonchev–Trinajstić information content (AvgIpc) is 2.47. The fourth-order valence-electron chi connectivity index (χ4n) is 0.878. The fourth-order valence-corrected chi connectivity index (χ4v) is 0.878. The van der Waals surface area contributed by atoms with E-state index in [0.717, 1.165) is 12.8 Å². The van der Waals surface area contributed by atoms with E-state index in [1.807, 2.05) is 6.92 Å². The van der Waals surface area contributed by atoms with Crippen molar-refractivity contribution in [2.75, 3.05) is 0 Å². The third-order valence-corrected chi connectivity index (χ3v) is 1.55. The smallest absolute Gasteiger partial charge is 0.263 e. The third kappa shape index (κ3) is 2.71. The van der Waals surface area contributed by atoms with Crippen molar-refractivity contribution < 1.29 is 13.2 Å². The fraction of sp³-hybridized carbons (Fsp3) is 0.714. The van der Waals surface area contributed by atoms with Crippen molar-refractivity contribution in [1.29, 1.82) is 0 Å². The Bertz CT molecular complexity index is 266. The molecule has 0 aliphatic rings. The number of aryl methyl sites for hydroxylation is 1. The molecule has 1 aromatic rings. The number of H-pyrrole nitrogens is 1. The lowest BCUT2D eigenvalue weighted by Gasteiger charge is -1.97. The van der Waals surface area contributed by atoms with Gasteiger partial charge in [-0.05, 0) is 6.42 Å². The lowest BCUT2D eigenvalue weighted by Crippen LogP contribution is -2.07. The molecule has 0 atom stereocenters. The molecule has 0 aromatic carbocycles. The van der Waals surface area contributed by atoms with Crippen molar-refractivity contribution >= 4 is 0 Å². The van der Waals surface area contributed by atoms with Crippen LogP contribution in [0, 0.1) is 0 Å². The largest absolute Gasteiger partial charge is 0.453 e. The molecule has 0 aliphatic heterocycles. The molecule has 0 bridgehead atoms. The SMILES string of the molecule is CCCCc1nc(C(F)(F)F)n[nH]1. The highest BCUT2D eigenvalue weighted by atomic mass is 19.4. The maximum Gasteiger partial charge on any atom is 0.453 e. The van der Waals surface area contributed by atoms with E-state index in [1.165, 1.54) is 0 Å². The van der Waals surface area contributed by atoms with E-state index in [2.05, 4.69) is 15.2 Å². The van der Waals surface area contributed by atoms with Gasteiger partial charge in [-0.3, -0.25) is 5.10 Å². The first kappa shape index (κ1) is 10.0. The van der Waals surface area contributed by atoms with E-state index < -0.39 is 12.0 Å². The summed E-state index contributed by atoms with van der Waals surface area (Å²) in [6.45, 7) is 1.96. The molecule has 3 nitrogen and oxygen atoms in total. The Morgan fingerprint density at radius 1 is 1.38 bits per heavy atom. The van der Waals surface area contributed by atoms with Crippen LogP contribution in [0.25, 0.3) is 0 Å². The molecule has 0 spiro atoms. The van der Waals surface area contributed by atoms with Crippen LogP contribution in [0.1, 0.15) is 31.4 Å². The summed E-state index contributed by atoms with van der Waals surface area (Å²) in [4.78, 5) is 3.33. The van der Waals surface area contributed by atoms with Crippen LogP contribution in [0.4, 0.5) is 13.2 Å². The van der Waals surface area contributed by atoms with Gasteiger partial charge in [0.2, 0.25) is 0 Å². The van der Waals surface area contributed by atoms with Gasteiger partial charge in [0.15, 0.2) is 0 Å². The molecule has 13 heavy (non-hydrogen) atoms. The Kier molecular flexibility index (Phi) is 2.90. The molecule has 0 fully saturated rings. The molecule has 0 saturated carbocycles. The Morgan fingerprint density at radius 3 is 2.54 bits per heavy atom. The molecule has 1 N–H and O–H groups in total. The van der Waals surface area contributed by atoms with Gasteiger partial charge < -0.3 is 0 Å². The van der Waals surface area contributed by atoms with Crippen LogP contribution in [0.3, 0.4) is 0 Å². The Balaban J connectivity index is 2.64. The molecule has 0 saturated heterocycles. The van der Waals surface area contributed by atoms with E-state index in [0.29, 0.717) is 12.2 Å². The van der Waals surface area contributed by atoms with Crippen molar-refractivity contribution in [1.82, 2.24) is 15.2 Å². The van der Waals surface area contributed by atoms with E-state index in [1.54, 1.807) is 0 Å². The van der Waals surface area contributed by atoms with Gasteiger partial charge in [-0.1, -0.05) is 13.3 Å². The third-order valence-electron chi connectivity index (χ3n) is 1.55. The summed E-state index contributed by atoms with van der Waals surface area (Å²) in [6, 6.07) is 0. The minimum absolute atomic E-state index is 0.300. The van der Waals surface area contributed by atoms with E-state index in [-0.39, 0.29) is 0 Å². The number of nitrogens with zero attached hydrogens (tertiary/aromatic N) is 2. The molecular weight excluding hydrogens is 183 g/mol. The highest BCUT2D eigenvalue weighted by molar-refractivity contribution is 4.94. The lowest BCUT2D eigenvalue weighted by molar-refractivity contribution is -0.144. The van der Waals surface area contributed by atoms with Gasteiger partial charge in [-0.25, -0.2) is 4.98 Å². The van der Waals surface area contributed by atoms with Gasteiger partial charge in [0.1, 0.15) is 5.82 Å². The molecular formula is C7H10F3N3. The van der Waals surface area contributed by atoms with Crippen molar-refractivity contribution in [3.8, 4) is 0 Å². The van der Waals surface area contributed by atoms with E-state index in [4.69, 9.17) is 0 Å². The second-order valence-corrected chi connectivity index (χ2v) is 2.71. The number of unbranched alkanes of at least 4 members (excludes halogenated alkanes) is 1. The number of hydrogen-bond donors (Lipinski definition) is 1. The molecule has 0 amide bonds. The summed E-state index contributed by atoms with van der Waals surface area (Å²) in [7, 11) is 0. The Labute approximate surface area is 73.4 Å². The Hall–Kier alpha value is -1.07. The number of halogens is 3. The predicted octanol–water partition coefficient (Wildman–Crippen LogP) is 2.17. The highest BCUT2D eigenvalue weighted by Crippen LogP contribution is 2.25. The first-order valence-electron chi connectivity index (χ1n) is 4.02. The minimum atomic E-state index is -4.44. The molecule has 6 heteroatoms. The normalized spacial score (nSPS) is 12.0. The van der Waals surface area contributed by atoms with Crippen molar-refractivity contribution in [3.05, 3.63) is 11.6 Å². The second kappa shape index (κ2) is 3.76. The summed E-state index contributed by atoms with van der Waals surface area (Å²) in [5.74, 6) is -0.784. The summed E-state index contributed by atoms with van der Waals surface area (Å²) in [5, 5.41) is 5.35. The summed E-state index contributed by atoms with van der Waals surface area (Å²) < 4.78 is 35.9. The maximum atomic E-state index is 12.0. The number of alkyl halides is 3. The minimum Gasteiger partial charge on any atom is -0.263 e. The molecule has 0 unspecified atom stereocenters. The molecule has 0 aliphatic carbocycles. The molecule has 1 aromatic heterocycles. The van der Waals surface area contributed by atoms with Crippen molar-refractivity contribution in [2.45, 2.75) is 32.4 Å². The predicted molar refractivity (Wildman–Crippen MR) is 40.0 cm³/mol. The standard InChI is InChI=1S/C7H10F3N3/c1-2-3-4-5-11-6(13-12-5)7(8,9)10/h2-4H2,1H3,(H,11,12,13). The molecule has 1 rings (SSSR count). The molecule has 1 heterocycles. The van der Waals surface area contributed by atoms with Crippen LogP contribution in [0.5, 0.6) is 0 Å². The van der Waals surface area contributed by atoms with Crippen LogP contribution in [0.15, 0.2) is 0 Å². The van der Waals surface area contributed by atoms with Crippen LogP contribution in [-0.4, -0.2) is 15.2 Å². The number of aromatic nitrogens is 3. The first-order valence-corrected chi connectivity index (χ1v) is 4.02. The topological polar surface area (TPSA) is 41.6 Å². The van der Waals surface area contributed by atoms with Gasteiger partial charge in [-0.15, -0.1) is 5.10 Å². The summed E-state index contributed by atoms with van der Waals surface area (Å²) in [6.07, 6.45) is -2.20. The summed E-state index contributed by atoms with van der Waals surface area (Å²) in [5.41, 5.74) is 0. The number of hydrogen-bond acceptors (Lipinski definition) is 2. The molecule has 0 radical (unpaired) electrons.